The molecule has 1 heterocycles. The molecule has 0 aliphatic carbocycles. The van der Waals surface area contributed by atoms with E-state index in [0.717, 1.165) is 40.1 Å². The fourth-order valence-electron chi connectivity index (χ4n) is 2.72. The second-order valence-electron chi connectivity index (χ2n) is 5.27. The molecule has 120 valence electrons. The van der Waals surface area contributed by atoms with Gasteiger partial charge in [-0.1, -0.05) is 12.1 Å². The van der Waals surface area contributed by atoms with Gasteiger partial charge in [0.15, 0.2) is 0 Å². The van der Waals surface area contributed by atoms with Crippen molar-refractivity contribution in [2.45, 2.75) is 12.5 Å². The summed E-state index contributed by atoms with van der Waals surface area (Å²) in [6.07, 6.45) is 0.663. The Morgan fingerprint density at radius 1 is 0.957 bits per heavy atom. The molecule has 0 spiro atoms. The van der Waals surface area contributed by atoms with Crippen LogP contribution in [0.4, 0.5) is 0 Å². The minimum Gasteiger partial charge on any atom is -0.497 e. The van der Waals surface area contributed by atoms with Crippen molar-refractivity contribution < 1.29 is 18.9 Å². The normalized spacial score (nSPS) is 16.3. The molecular weight excluding hydrogens is 311 g/mol. The molecule has 0 bridgehead atoms. The molecule has 0 amide bonds. The highest BCUT2D eigenvalue weighted by Gasteiger charge is 2.28. The standard InChI is InChI=1S/C18H19O4P/c1-19-12-6-4-11(5-7-12)14-10-17(23)18-15(21-3)8-13(20-2)9-16(18)22-14/h4-9,14,23H,10H2,1-3H3. The minimum atomic E-state index is -0.0716. The zero-order valence-electron chi connectivity index (χ0n) is 13.4. The van der Waals surface area contributed by atoms with Gasteiger partial charge in [0, 0.05) is 18.6 Å². The van der Waals surface area contributed by atoms with Crippen LogP contribution in [0.1, 0.15) is 23.7 Å². The number of benzene rings is 2. The Bertz CT molecular complexity index is 725. The highest BCUT2D eigenvalue weighted by molar-refractivity contribution is 7.22. The Morgan fingerprint density at radius 2 is 1.65 bits per heavy atom. The molecule has 2 aromatic carbocycles. The van der Waals surface area contributed by atoms with Crippen molar-refractivity contribution in [3.8, 4) is 23.0 Å². The van der Waals surface area contributed by atoms with Gasteiger partial charge in [-0.15, -0.1) is 8.86 Å². The van der Waals surface area contributed by atoms with Gasteiger partial charge in [-0.25, -0.2) is 0 Å². The summed E-state index contributed by atoms with van der Waals surface area (Å²) in [5.74, 6) is 3.02. The molecule has 1 atom stereocenters. The van der Waals surface area contributed by atoms with Crippen LogP contribution in [0.5, 0.6) is 23.0 Å². The summed E-state index contributed by atoms with van der Waals surface area (Å²) in [5, 5.41) is 1.05. The lowest BCUT2D eigenvalue weighted by molar-refractivity contribution is 0.205. The van der Waals surface area contributed by atoms with Crippen molar-refractivity contribution in [3.63, 3.8) is 0 Å². The van der Waals surface area contributed by atoms with Crippen LogP contribution >= 0.6 is 8.86 Å². The van der Waals surface area contributed by atoms with Gasteiger partial charge in [-0.3, -0.25) is 0 Å². The van der Waals surface area contributed by atoms with Crippen molar-refractivity contribution in [1.29, 1.82) is 0 Å². The maximum absolute atomic E-state index is 6.19. The lowest BCUT2D eigenvalue weighted by Crippen LogP contribution is -2.20. The van der Waals surface area contributed by atoms with Gasteiger partial charge in [0.05, 0.1) is 26.9 Å². The van der Waals surface area contributed by atoms with E-state index in [2.05, 4.69) is 8.86 Å². The fraction of sp³-hybridized carbons (Fsp3) is 0.278. The Morgan fingerprint density at radius 3 is 2.26 bits per heavy atom. The van der Waals surface area contributed by atoms with Gasteiger partial charge in [-0.05, 0) is 23.0 Å². The summed E-state index contributed by atoms with van der Waals surface area (Å²) < 4.78 is 22.2. The minimum absolute atomic E-state index is 0.0716. The van der Waals surface area contributed by atoms with E-state index in [4.69, 9.17) is 18.9 Å². The van der Waals surface area contributed by atoms with Crippen LogP contribution in [0.15, 0.2) is 36.4 Å². The van der Waals surface area contributed by atoms with E-state index >= 15 is 0 Å². The molecule has 1 aliphatic rings. The van der Waals surface area contributed by atoms with Crippen LogP contribution in [-0.4, -0.2) is 26.6 Å². The van der Waals surface area contributed by atoms with Crippen LogP contribution in [0.25, 0.3) is 0 Å². The molecule has 23 heavy (non-hydrogen) atoms. The van der Waals surface area contributed by atoms with E-state index in [1.807, 2.05) is 36.4 Å². The third-order valence-electron chi connectivity index (χ3n) is 3.94. The highest BCUT2D eigenvalue weighted by Crippen LogP contribution is 2.43. The van der Waals surface area contributed by atoms with Crippen LogP contribution in [0, 0.1) is 0 Å². The number of fused-ring (bicyclic) bond motifs is 1. The lowest BCUT2D eigenvalue weighted by atomic mass is 9.96. The smallest absolute Gasteiger partial charge is 0.135 e. The van der Waals surface area contributed by atoms with Crippen LogP contribution in [0.3, 0.4) is 0 Å². The molecule has 0 radical (unpaired) electrons. The Balaban J connectivity index is 1.97. The molecular formula is C18H19O4P. The maximum Gasteiger partial charge on any atom is 0.135 e. The SMILES string of the molecule is COc1ccc(C2CC(=P)c3c(OC)cc(OC)cc3O2)cc1. The maximum atomic E-state index is 6.19. The van der Waals surface area contributed by atoms with Crippen molar-refractivity contribution >= 4 is 14.2 Å². The van der Waals surface area contributed by atoms with E-state index in [9.17, 15) is 0 Å². The number of rotatable bonds is 4. The lowest BCUT2D eigenvalue weighted by Gasteiger charge is -2.29. The van der Waals surface area contributed by atoms with Crippen LogP contribution < -0.4 is 18.9 Å². The Kier molecular flexibility index (Phi) is 4.44. The van der Waals surface area contributed by atoms with E-state index in [1.54, 1.807) is 21.3 Å². The molecule has 0 saturated heterocycles. The summed E-state index contributed by atoms with van der Waals surface area (Å²) >= 11 is 0. The molecule has 3 rings (SSSR count). The van der Waals surface area contributed by atoms with Crippen molar-refractivity contribution in [3.05, 3.63) is 47.5 Å². The monoisotopic (exact) mass is 330 g/mol. The molecule has 5 heteroatoms. The highest BCUT2D eigenvalue weighted by atomic mass is 31.0. The first-order valence-electron chi connectivity index (χ1n) is 7.30. The molecule has 2 aromatic rings. The summed E-state index contributed by atoms with van der Waals surface area (Å²) in [7, 11) is 8.67. The van der Waals surface area contributed by atoms with E-state index in [1.165, 1.54) is 0 Å². The zero-order chi connectivity index (χ0) is 16.4. The first kappa shape index (κ1) is 15.7. The van der Waals surface area contributed by atoms with E-state index in [-0.39, 0.29) is 6.10 Å². The molecule has 0 aromatic heterocycles. The fourth-order valence-corrected chi connectivity index (χ4v) is 3.15. The van der Waals surface area contributed by atoms with Gasteiger partial charge in [-0.2, -0.15) is 0 Å². The van der Waals surface area contributed by atoms with E-state index in [0.29, 0.717) is 5.75 Å². The largest absolute Gasteiger partial charge is 0.497 e. The molecule has 1 aliphatic heterocycles. The predicted molar refractivity (Wildman–Crippen MR) is 93.0 cm³/mol. The van der Waals surface area contributed by atoms with Gasteiger partial charge >= 0.3 is 0 Å². The van der Waals surface area contributed by atoms with Crippen molar-refractivity contribution in [2.24, 2.45) is 0 Å². The molecule has 1 unspecified atom stereocenters. The molecule has 0 N–H and O–H groups in total. The second-order valence-corrected chi connectivity index (χ2v) is 5.87. The summed E-state index contributed by atoms with van der Waals surface area (Å²) in [6, 6.07) is 11.7. The predicted octanol–water partition coefficient (Wildman–Crippen LogP) is 3.90. The zero-order valence-corrected chi connectivity index (χ0v) is 14.4. The number of ether oxygens (including phenoxy) is 4. The first-order valence-corrected chi connectivity index (χ1v) is 7.80. The summed E-state index contributed by atoms with van der Waals surface area (Å²) in [4.78, 5) is 0. The number of methoxy groups -OCH3 is 3. The van der Waals surface area contributed by atoms with Crippen molar-refractivity contribution in [1.82, 2.24) is 0 Å². The van der Waals surface area contributed by atoms with Gasteiger partial charge in [0.1, 0.15) is 29.1 Å². The summed E-state index contributed by atoms with van der Waals surface area (Å²) in [6.45, 7) is 0. The second kappa shape index (κ2) is 6.51. The Labute approximate surface area is 138 Å². The Hall–Kier alpha value is -2.19. The summed E-state index contributed by atoms with van der Waals surface area (Å²) in [5.41, 5.74) is 2.03. The van der Waals surface area contributed by atoms with Crippen LogP contribution in [0.2, 0.25) is 0 Å². The number of hydrogen-bond acceptors (Lipinski definition) is 4. The first-order chi connectivity index (χ1) is 11.2. The third-order valence-corrected chi connectivity index (χ3v) is 4.40. The number of hydrogen-bond donors (Lipinski definition) is 0. The third kappa shape index (κ3) is 2.99. The van der Waals surface area contributed by atoms with Gasteiger partial charge < -0.3 is 18.9 Å². The average molecular weight is 330 g/mol. The molecule has 4 nitrogen and oxygen atoms in total. The van der Waals surface area contributed by atoms with Crippen molar-refractivity contribution in [2.75, 3.05) is 21.3 Å². The van der Waals surface area contributed by atoms with E-state index < -0.39 is 0 Å². The van der Waals surface area contributed by atoms with Crippen LogP contribution in [-0.2, 0) is 0 Å². The van der Waals surface area contributed by atoms with Gasteiger partial charge in [0.2, 0.25) is 0 Å². The average Bonchev–Trinajstić information content (AvgIpc) is 2.60. The quantitative estimate of drug-likeness (QED) is 0.797. The molecule has 0 saturated carbocycles. The molecule has 0 fully saturated rings. The van der Waals surface area contributed by atoms with Gasteiger partial charge in [0.25, 0.3) is 0 Å². The topological polar surface area (TPSA) is 36.9 Å².